The molecule has 3 nitrogen and oxygen atoms in total. The quantitative estimate of drug-likeness (QED) is 0.401. The van der Waals surface area contributed by atoms with Gasteiger partial charge in [-0.25, -0.2) is 0 Å². The van der Waals surface area contributed by atoms with Crippen LogP contribution in [-0.4, -0.2) is 10.2 Å². The molecule has 31 heavy (non-hydrogen) atoms. The van der Waals surface area contributed by atoms with Crippen LogP contribution < -0.4 is 5.32 Å². The Morgan fingerprint density at radius 2 is 1.42 bits per heavy atom. The van der Waals surface area contributed by atoms with Gasteiger partial charge in [0.05, 0.1) is 11.3 Å². The molecule has 0 unspecified atom stereocenters. The van der Waals surface area contributed by atoms with E-state index in [1.165, 1.54) is 28.8 Å². The molecular formula is C25H22F3N3. The second kappa shape index (κ2) is 8.38. The van der Waals surface area contributed by atoms with Gasteiger partial charge in [0.1, 0.15) is 0 Å². The summed E-state index contributed by atoms with van der Waals surface area (Å²) >= 11 is 0. The lowest BCUT2D eigenvalue weighted by molar-refractivity contribution is -0.137. The van der Waals surface area contributed by atoms with Crippen LogP contribution >= 0.6 is 0 Å². The normalized spacial score (nSPS) is 11.6. The molecule has 0 aliphatic carbocycles. The van der Waals surface area contributed by atoms with E-state index in [9.17, 15) is 13.2 Å². The smallest absolute Gasteiger partial charge is 0.364 e. The molecule has 1 N–H and O–H groups in total. The van der Waals surface area contributed by atoms with Gasteiger partial charge in [0, 0.05) is 23.7 Å². The Morgan fingerprint density at radius 1 is 0.774 bits per heavy atom. The van der Waals surface area contributed by atoms with E-state index in [0.717, 1.165) is 34.2 Å². The highest BCUT2D eigenvalue weighted by atomic mass is 19.4. The molecule has 0 spiro atoms. The van der Waals surface area contributed by atoms with Crippen LogP contribution in [0.4, 0.5) is 19.0 Å². The third kappa shape index (κ3) is 4.53. The SMILES string of the molecule is Cc1cccc(C)c1Cc1nnc(NCc2ccc(C(F)(F)F)cc2)c2ccccc12. The zero-order chi connectivity index (χ0) is 22.0. The average molecular weight is 421 g/mol. The van der Waals surface area contributed by atoms with Crippen molar-refractivity contribution < 1.29 is 13.2 Å². The number of hydrogen-bond donors (Lipinski definition) is 1. The molecule has 1 heterocycles. The van der Waals surface area contributed by atoms with E-state index in [4.69, 9.17) is 0 Å². The first-order valence-electron chi connectivity index (χ1n) is 10.0. The highest BCUT2D eigenvalue weighted by Gasteiger charge is 2.29. The number of nitrogens with one attached hydrogen (secondary N) is 1. The summed E-state index contributed by atoms with van der Waals surface area (Å²) in [7, 11) is 0. The molecule has 0 bridgehead atoms. The van der Waals surface area contributed by atoms with Crippen LogP contribution in [0.15, 0.2) is 66.7 Å². The molecule has 4 aromatic rings. The van der Waals surface area contributed by atoms with Crippen molar-refractivity contribution in [3.8, 4) is 0 Å². The Kier molecular flexibility index (Phi) is 5.63. The molecule has 158 valence electrons. The fraction of sp³-hybridized carbons (Fsp3) is 0.200. The maximum absolute atomic E-state index is 12.8. The molecule has 0 radical (unpaired) electrons. The molecule has 0 aliphatic rings. The molecule has 4 rings (SSSR count). The highest BCUT2D eigenvalue weighted by molar-refractivity contribution is 5.93. The van der Waals surface area contributed by atoms with Gasteiger partial charge in [-0.15, -0.1) is 5.10 Å². The summed E-state index contributed by atoms with van der Waals surface area (Å²) in [5.41, 5.74) is 4.65. The summed E-state index contributed by atoms with van der Waals surface area (Å²) in [5.74, 6) is 0.612. The molecule has 6 heteroatoms. The first-order chi connectivity index (χ1) is 14.8. The topological polar surface area (TPSA) is 37.8 Å². The van der Waals surface area contributed by atoms with Crippen molar-refractivity contribution in [2.45, 2.75) is 33.0 Å². The van der Waals surface area contributed by atoms with Crippen molar-refractivity contribution in [2.75, 3.05) is 5.32 Å². The minimum absolute atomic E-state index is 0.354. The van der Waals surface area contributed by atoms with E-state index < -0.39 is 11.7 Å². The molecule has 0 saturated heterocycles. The van der Waals surface area contributed by atoms with Gasteiger partial charge in [0.25, 0.3) is 0 Å². The summed E-state index contributed by atoms with van der Waals surface area (Å²) in [6.45, 7) is 4.54. The summed E-state index contributed by atoms with van der Waals surface area (Å²) in [6.07, 6.45) is -3.65. The fourth-order valence-electron chi connectivity index (χ4n) is 3.71. The molecule has 0 fully saturated rings. The number of hydrogen-bond acceptors (Lipinski definition) is 3. The van der Waals surface area contributed by atoms with Crippen molar-refractivity contribution in [1.82, 2.24) is 10.2 Å². The van der Waals surface area contributed by atoms with Gasteiger partial charge < -0.3 is 5.32 Å². The number of alkyl halides is 3. The molecule has 0 aliphatic heterocycles. The third-order valence-corrected chi connectivity index (χ3v) is 5.49. The first kappa shape index (κ1) is 20.8. The van der Waals surface area contributed by atoms with E-state index in [2.05, 4.69) is 41.5 Å². The predicted molar refractivity (Wildman–Crippen MR) is 117 cm³/mol. The van der Waals surface area contributed by atoms with E-state index in [0.29, 0.717) is 18.8 Å². The van der Waals surface area contributed by atoms with Crippen LogP contribution in [-0.2, 0) is 19.1 Å². The number of benzene rings is 3. The lowest BCUT2D eigenvalue weighted by Crippen LogP contribution is -2.08. The number of anilines is 1. The Bertz CT molecular complexity index is 1190. The van der Waals surface area contributed by atoms with Gasteiger partial charge in [-0.1, -0.05) is 54.6 Å². The van der Waals surface area contributed by atoms with Gasteiger partial charge >= 0.3 is 6.18 Å². The third-order valence-electron chi connectivity index (χ3n) is 5.49. The maximum Gasteiger partial charge on any atom is 0.416 e. The van der Waals surface area contributed by atoms with Crippen LogP contribution in [0.5, 0.6) is 0 Å². The minimum Gasteiger partial charge on any atom is -0.364 e. The number of aromatic nitrogens is 2. The number of fused-ring (bicyclic) bond motifs is 1. The van der Waals surface area contributed by atoms with Crippen molar-refractivity contribution in [1.29, 1.82) is 0 Å². The summed E-state index contributed by atoms with van der Waals surface area (Å²) < 4.78 is 38.3. The number of nitrogens with zero attached hydrogens (tertiary/aromatic N) is 2. The highest BCUT2D eigenvalue weighted by Crippen LogP contribution is 2.30. The van der Waals surface area contributed by atoms with Crippen LogP contribution in [0.1, 0.15) is 33.5 Å². The number of aryl methyl sites for hydroxylation is 2. The second-order valence-electron chi connectivity index (χ2n) is 7.64. The first-order valence-corrected chi connectivity index (χ1v) is 10.0. The minimum atomic E-state index is -4.33. The fourth-order valence-corrected chi connectivity index (χ4v) is 3.71. The maximum atomic E-state index is 12.8. The summed E-state index contributed by atoms with van der Waals surface area (Å²) in [5, 5.41) is 14.0. The lowest BCUT2D eigenvalue weighted by Gasteiger charge is -2.13. The van der Waals surface area contributed by atoms with Gasteiger partial charge in [-0.2, -0.15) is 18.3 Å². The van der Waals surface area contributed by atoms with Crippen LogP contribution in [0.25, 0.3) is 10.8 Å². The molecule has 0 amide bonds. The molecule has 3 aromatic carbocycles. The van der Waals surface area contributed by atoms with E-state index in [-0.39, 0.29) is 0 Å². The second-order valence-corrected chi connectivity index (χ2v) is 7.64. The van der Waals surface area contributed by atoms with Crippen LogP contribution in [0.3, 0.4) is 0 Å². The Balaban J connectivity index is 1.60. The molecule has 0 saturated carbocycles. The van der Waals surface area contributed by atoms with E-state index in [1.54, 1.807) is 0 Å². The van der Waals surface area contributed by atoms with E-state index in [1.807, 2.05) is 30.3 Å². The predicted octanol–water partition coefficient (Wildman–Crippen LogP) is 6.47. The van der Waals surface area contributed by atoms with Crippen molar-refractivity contribution in [3.05, 3.63) is 100 Å². The van der Waals surface area contributed by atoms with Crippen LogP contribution in [0, 0.1) is 13.8 Å². The van der Waals surface area contributed by atoms with Crippen molar-refractivity contribution in [3.63, 3.8) is 0 Å². The van der Waals surface area contributed by atoms with Gasteiger partial charge in [0.2, 0.25) is 0 Å². The largest absolute Gasteiger partial charge is 0.416 e. The van der Waals surface area contributed by atoms with Crippen molar-refractivity contribution >= 4 is 16.6 Å². The van der Waals surface area contributed by atoms with Crippen LogP contribution in [0.2, 0.25) is 0 Å². The monoisotopic (exact) mass is 421 g/mol. The van der Waals surface area contributed by atoms with Gasteiger partial charge in [-0.3, -0.25) is 0 Å². The van der Waals surface area contributed by atoms with Crippen molar-refractivity contribution in [2.24, 2.45) is 0 Å². The molecule has 0 atom stereocenters. The Hall–Kier alpha value is -3.41. The van der Waals surface area contributed by atoms with Gasteiger partial charge in [0.15, 0.2) is 5.82 Å². The molecular weight excluding hydrogens is 399 g/mol. The number of rotatable bonds is 5. The summed E-state index contributed by atoms with van der Waals surface area (Å²) in [6, 6.07) is 19.3. The number of halogens is 3. The Morgan fingerprint density at radius 3 is 2.06 bits per heavy atom. The summed E-state index contributed by atoms with van der Waals surface area (Å²) in [4.78, 5) is 0. The average Bonchev–Trinajstić information content (AvgIpc) is 2.75. The zero-order valence-electron chi connectivity index (χ0n) is 17.3. The standard InChI is InChI=1S/C25H22F3N3/c1-16-6-5-7-17(2)22(16)14-23-20-8-3-4-9-21(20)24(31-30-23)29-15-18-10-12-19(13-11-18)25(26,27)28/h3-13H,14-15H2,1-2H3,(H,29,31). The Labute approximate surface area is 179 Å². The molecule has 1 aromatic heterocycles. The lowest BCUT2D eigenvalue weighted by atomic mass is 9.96. The van der Waals surface area contributed by atoms with Gasteiger partial charge in [-0.05, 0) is 48.2 Å². The zero-order valence-corrected chi connectivity index (χ0v) is 17.3. The van der Waals surface area contributed by atoms with E-state index >= 15 is 0 Å².